The molecular formula is C64H44N2SSi. The lowest BCUT2D eigenvalue weighted by Gasteiger charge is -2.35. The summed E-state index contributed by atoms with van der Waals surface area (Å²) in [5.41, 5.74) is 9.30. The first kappa shape index (κ1) is 40.0. The van der Waals surface area contributed by atoms with Crippen LogP contribution in [0.1, 0.15) is 0 Å². The van der Waals surface area contributed by atoms with Gasteiger partial charge in [0.25, 0.3) is 0 Å². The Morgan fingerprint density at radius 2 is 0.853 bits per heavy atom. The van der Waals surface area contributed by atoms with Gasteiger partial charge in [-0.15, -0.1) is 11.3 Å². The molecule has 0 bridgehead atoms. The Labute approximate surface area is 400 Å². The van der Waals surface area contributed by atoms with Crippen LogP contribution in [-0.4, -0.2) is 12.6 Å². The maximum atomic E-state index is 2.50. The molecule has 0 saturated carbocycles. The second-order valence-corrected chi connectivity index (χ2v) is 22.4. The predicted molar refractivity (Wildman–Crippen MR) is 295 cm³/mol. The number of para-hydroxylation sites is 1. The number of fused-ring (bicyclic) bond motifs is 7. The SMILES string of the molecule is c1ccc([Si](c2ccccc2)(c2ccccc2)c2ccc(N(c3ccc(-c4cccc5ccccc45)cc3)c3cccc4c3c3ccccc3n4-c3cccc4c3sc3ccccc34)cc2)cc1. The van der Waals surface area contributed by atoms with Crippen molar-refractivity contribution in [2.45, 2.75) is 0 Å². The van der Waals surface area contributed by atoms with E-state index in [0.717, 1.165) is 17.1 Å². The second-order valence-electron chi connectivity index (χ2n) is 17.6. The van der Waals surface area contributed by atoms with E-state index in [0.29, 0.717) is 0 Å². The van der Waals surface area contributed by atoms with Crippen LogP contribution in [0.5, 0.6) is 0 Å². The molecule has 13 aromatic rings. The molecular weight excluding hydrogens is 857 g/mol. The third kappa shape index (κ3) is 6.37. The topological polar surface area (TPSA) is 8.17 Å². The molecule has 0 unspecified atom stereocenters. The van der Waals surface area contributed by atoms with Crippen molar-refractivity contribution in [1.29, 1.82) is 0 Å². The summed E-state index contributed by atoms with van der Waals surface area (Å²) in [6.07, 6.45) is 0. The first-order valence-corrected chi connectivity index (χ1v) is 26.2. The molecule has 0 fully saturated rings. The molecule has 0 amide bonds. The fourth-order valence-corrected chi connectivity index (χ4v) is 16.9. The summed E-state index contributed by atoms with van der Waals surface area (Å²) in [5, 5.41) is 12.9. The molecule has 68 heavy (non-hydrogen) atoms. The van der Waals surface area contributed by atoms with Gasteiger partial charge in [0.1, 0.15) is 0 Å². The van der Waals surface area contributed by atoms with Gasteiger partial charge in [-0.3, -0.25) is 0 Å². The lowest BCUT2D eigenvalue weighted by atomic mass is 9.98. The smallest absolute Gasteiger partial charge is 0.179 e. The van der Waals surface area contributed by atoms with Crippen molar-refractivity contribution in [3.05, 3.63) is 267 Å². The van der Waals surface area contributed by atoms with Crippen LogP contribution in [0.15, 0.2) is 267 Å². The number of hydrogen-bond donors (Lipinski definition) is 0. The molecule has 2 heterocycles. The molecule has 0 spiro atoms. The first-order chi connectivity index (χ1) is 33.8. The highest BCUT2D eigenvalue weighted by Crippen LogP contribution is 2.46. The van der Waals surface area contributed by atoms with Crippen molar-refractivity contribution >= 4 is 110 Å². The van der Waals surface area contributed by atoms with Crippen LogP contribution in [-0.2, 0) is 0 Å². The summed E-state index contributed by atoms with van der Waals surface area (Å²) in [4.78, 5) is 2.48. The number of benzene rings is 11. The van der Waals surface area contributed by atoms with E-state index in [1.165, 1.54) is 90.3 Å². The van der Waals surface area contributed by atoms with Gasteiger partial charge in [0.05, 0.1) is 27.1 Å². The maximum Gasteiger partial charge on any atom is 0.179 e. The van der Waals surface area contributed by atoms with Crippen LogP contribution in [0.2, 0.25) is 0 Å². The Morgan fingerprint density at radius 1 is 0.353 bits per heavy atom. The van der Waals surface area contributed by atoms with E-state index in [-0.39, 0.29) is 0 Å². The zero-order valence-corrected chi connectivity index (χ0v) is 39.0. The van der Waals surface area contributed by atoms with Crippen LogP contribution in [0, 0.1) is 0 Å². The Hall–Kier alpha value is -8.28. The summed E-state index contributed by atoms with van der Waals surface area (Å²) in [6.45, 7) is 0. The third-order valence-electron chi connectivity index (χ3n) is 13.9. The van der Waals surface area contributed by atoms with Gasteiger partial charge in [-0.25, -0.2) is 0 Å². The third-order valence-corrected chi connectivity index (χ3v) is 20.0. The van der Waals surface area contributed by atoms with E-state index in [1.807, 2.05) is 11.3 Å². The zero-order valence-electron chi connectivity index (χ0n) is 37.2. The Bertz CT molecular complexity index is 3850. The minimum absolute atomic E-state index is 1.09. The zero-order chi connectivity index (χ0) is 45.0. The summed E-state index contributed by atoms with van der Waals surface area (Å²) < 4.78 is 5.09. The number of hydrogen-bond acceptors (Lipinski definition) is 2. The lowest BCUT2D eigenvalue weighted by molar-refractivity contribution is 1.20. The van der Waals surface area contributed by atoms with E-state index >= 15 is 0 Å². The van der Waals surface area contributed by atoms with Gasteiger partial charge >= 0.3 is 0 Å². The Balaban J connectivity index is 1.04. The number of anilines is 3. The van der Waals surface area contributed by atoms with E-state index in [2.05, 4.69) is 276 Å². The summed E-state index contributed by atoms with van der Waals surface area (Å²) in [6, 6.07) is 98.9. The summed E-state index contributed by atoms with van der Waals surface area (Å²) in [5.74, 6) is 0. The maximum absolute atomic E-state index is 2.75. The first-order valence-electron chi connectivity index (χ1n) is 23.3. The highest BCUT2D eigenvalue weighted by Gasteiger charge is 2.41. The number of rotatable bonds is 9. The van der Waals surface area contributed by atoms with Gasteiger partial charge in [-0.1, -0.05) is 212 Å². The van der Waals surface area contributed by atoms with E-state index in [4.69, 9.17) is 0 Å². The van der Waals surface area contributed by atoms with Crippen LogP contribution >= 0.6 is 11.3 Å². The van der Waals surface area contributed by atoms with Crippen LogP contribution < -0.4 is 25.6 Å². The number of thiophene rings is 1. The molecule has 0 radical (unpaired) electrons. The molecule has 320 valence electrons. The molecule has 13 rings (SSSR count). The lowest BCUT2D eigenvalue weighted by Crippen LogP contribution is -2.74. The molecule has 0 aliphatic heterocycles. The highest BCUT2D eigenvalue weighted by atomic mass is 32.1. The molecule has 0 atom stereocenters. The average molecular weight is 901 g/mol. The normalized spacial score (nSPS) is 11.8. The monoisotopic (exact) mass is 900 g/mol. The molecule has 0 N–H and O–H groups in total. The number of aromatic nitrogens is 1. The molecule has 0 saturated heterocycles. The number of nitrogens with zero attached hydrogens (tertiary/aromatic N) is 2. The Kier molecular flexibility index (Phi) is 9.74. The fraction of sp³-hybridized carbons (Fsp3) is 0. The van der Waals surface area contributed by atoms with Gasteiger partial charge in [0.2, 0.25) is 0 Å². The Morgan fingerprint density at radius 3 is 1.54 bits per heavy atom. The molecule has 2 nitrogen and oxygen atoms in total. The van der Waals surface area contributed by atoms with Crippen LogP contribution in [0.25, 0.3) is 69.6 Å². The standard InChI is InChI=1S/C64H44N2SSi/c1-4-21-49(22-5-1)68(50-23-6-2-7-24-50,51-25-8-3-9-26-51)52-43-41-48(42-44-52)65(47-39-37-46(38-40-47)54-30-16-20-45-19-10-11-27-53(45)54)59-33-18-34-60-63(59)57-29-12-14-32-58(57)66(60)61-35-17-31-56-55-28-13-15-36-62(55)67-64(56)61/h1-44H. The van der Waals surface area contributed by atoms with E-state index < -0.39 is 8.07 Å². The van der Waals surface area contributed by atoms with Crippen molar-refractivity contribution in [1.82, 2.24) is 4.57 Å². The van der Waals surface area contributed by atoms with Gasteiger partial charge in [-0.2, -0.15) is 0 Å². The molecule has 11 aromatic carbocycles. The van der Waals surface area contributed by atoms with Crippen molar-refractivity contribution < 1.29 is 0 Å². The highest BCUT2D eigenvalue weighted by molar-refractivity contribution is 7.26. The van der Waals surface area contributed by atoms with Crippen molar-refractivity contribution in [2.75, 3.05) is 4.90 Å². The van der Waals surface area contributed by atoms with Gasteiger partial charge in [0.15, 0.2) is 8.07 Å². The van der Waals surface area contributed by atoms with Crippen LogP contribution in [0.4, 0.5) is 17.1 Å². The summed E-state index contributed by atoms with van der Waals surface area (Å²) >= 11 is 1.88. The second kappa shape index (κ2) is 16.5. The molecule has 2 aromatic heterocycles. The van der Waals surface area contributed by atoms with E-state index in [9.17, 15) is 0 Å². The predicted octanol–water partition coefficient (Wildman–Crippen LogP) is 14.8. The van der Waals surface area contributed by atoms with Gasteiger partial charge in [-0.05, 0) is 97.2 Å². The van der Waals surface area contributed by atoms with Crippen molar-refractivity contribution in [3.63, 3.8) is 0 Å². The molecule has 0 aliphatic rings. The quantitative estimate of drug-likeness (QED) is 0.104. The van der Waals surface area contributed by atoms with Gasteiger partial charge < -0.3 is 9.47 Å². The van der Waals surface area contributed by atoms with Gasteiger partial charge in [0, 0.05) is 37.6 Å². The van der Waals surface area contributed by atoms with Crippen LogP contribution in [0.3, 0.4) is 0 Å². The molecule has 0 aliphatic carbocycles. The average Bonchev–Trinajstić information content (AvgIpc) is 3.97. The molecule has 4 heteroatoms. The van der Waals surface area contributed by atoms with E-state index in [1.54, 1.807) is 0 Å². The largest absolute Gasteiger partial charge is 0.310 e. The van der Waals surface area contributed by atoms with Crippen molar-refractivity contribution in [3.8, 4) is 16.8 Å². The minimum atomic E-state index is -2.75. The summed E-state index contributed by atoms with van der Waals surface area (Å²) in [7, 11) is -2.75. The van der Waals surface area contributed by atoms with Crippen molar-refractivity contribution in [2.24, 2.45) is 0 Å². The minimum Gasteiger partial charge on any atom is -0.310 e. The fourth-order valence-electron chi connectivity index (χ4n) is 11.0.